The van der Waals surface area contributed by atoms with Crippen molar-refractivity contribution in [1.29, 1.82) is 5.26 Å². The van der Waals surface area contributed by atoms with Crippen molar-refractivity contribution in [3.8, 4) is 17.6 Å². The van der Waals surface area contributed by atoms with Gasteiger partial charge in [0.1, 0.15) is 0 Å². The molecular weight excluding hydrogens is 420 g/mol. The number of allylic oxidation sites excluding steroid dienone is 1. The molecule has 0 heterocycles. The second-order valence-corrected chi connectivity index (χ2v) is 7.69. The third-order valence-corrected chi connectivity index (χ3v) is 3.92. The Kier molecular flexibility index (Phi) is 6.80. The summed E-state index contributed by atoms with van der Waals surface area (Å²) in [6.45, 7) is 0. The molecule has 0 aliphatic heterocycles. The summed E-state index contributed by atoms with van der Waals surface area (Å²) in [5.74, 6) is -0.719. The van der Waals surface area contributed by atoms with Crippen molar-refractivity contribution >= 4 is 64.0 Å². The molecule has 2 rings (SSSR count). The summed E-state index contributed by atoms with van der Waals surface area (Å²) in [5.41, 5.74) is 1.79. The zero-order valence-electron chi connectivity index (χ0n) is 13.3. The van der Waals surface area contributed by atoms with Crippen LogP contribution in [0.4, 0.5) is 0 Å². The Morgan fingerprint density at radius 1 is 1.12 bits per heavy atom. The largest absolute Gasteiger partial charge is 0.493 e. The van der Waals surface area contributed by atoms with E-state index in [-0.39, 0.29) is 11.5 Å². The van der Waals surface area contributed by atoms with Crippen LogP contribution in [-0.4, -0.2) is 16.9 Å². The predicted molar refractivity (Wildman–Crippen MR) is 104 cm³/mol. The second kappa shape index (κ2) is 8.66. The smallest absolute Gasteiger partial charge is 0.364 e. The van der Waals surface area contributed by atoms with Crippen molar-refractivity contribution < 1.29 is 14.3 Å². The molecule has 0 N–H and O–H groups in total. The summed E-state index contributed by atoms with van der Waals surface area (Å²) in [5, 5.41) is 9.98. The molecule has 0 saturated carbocycles. The number of methoxy groups -OCH3 is 1. The van der Waals surface area contributed by atoms with E-state index in [1.807, 2.05) is 0 Å². The van der Waals surface area contributed by atoms with E-state index in [9.17, 15) is 10.1 Å². The van der Waals surface area contributed by atoms with Crippen LogP contribution >= 0.6 is 46.4 Å². The van der Waals surface area contributed by atoms with E-state index >= 15 is 0 Å². The van der Waals surface area contributed by atoms with Gasteiger partial charge in [0.15, 0.2) is 11.5 Å². The summed E-state index contributed by atoms with van der Waals surface area (Å²) in [7, 11) is 1.40. The van der Waals surface area contributed by atoms with Crippen LogP contribution in [0, 0.1) is 11.3 Å². The number of halogens is 4. The van der Waals surface area contributed by atoms with Gasteiger partial charge in [0.05, 0.1) is 18.8 Å². The standard InChI is InChI=1S/C18H11Cl4NO3/c1-25-16-9-11(2-7-15(16)26-17(24)18(20,21)22)8-13(10-23)12-3-5-14(19)6-4-12/h2-9H,1H3/b13-8-. The minimum atomic E-state index is -2.20. The van der Waals surface area contributed by atoms with Crippen LogP contribution in [0.25, 0.3) is 11.6 Å². The third-order valence-electron chi connectivity index (χ3n) is 3.21. The number of alkyl halides is 3. The van der Waals surface area contributed by atoms with Crippen molar-refractivity contribution in [1.82, 2.24) is 0 Å². The van der Waals surface area contributed by atoms with Crippen molar-refractivity contribution in [3.05, 3.63) is 58.6 Å². The number of hydrogen-bond donors (Lipinski definition) is 0. The van der Waals surface area contributed by atoms with Gasteiger partial charge in [-0.1, -0.05) is 64.6 Å². The fourth-order valence-electron chi connectivity index (χ4n) is 1.99. The average molecular weight is 431 g/mol. The molecule has 4 nitrogen and oxygen atoms in total. The Balaban J connectivity index is 2.34. The van der Waals surface area contributed by atoms with Gasteiger partial charge in [-0.15, -0.1) is 0 Å². The van der Waals surface area contributed by atoms with Gasteiger partial charge in [0.2, 0.25) is 0 Å². The maximum absolute atomic E-state index is 11.7. The van der Waals surface area contributed by atoms with E-state index in [1.54, 1.807) is 42.5 Å². The molecule has 0 saturated heterocycles. The van der Waals surface area contributed by atoms with Crippen LogP contribution in [0.3, 0.4) is 0 Å². The number of hydrogen-bond acceptors (Lipinski definition) is 4. The quantitative estimate of drug-likeness (QED) is 0.205. The minimum absolute atomic E-state index is 0.0889. The average Bonchev–Trinajstić information content (AvgIpc) is 2.60. The monoisotopic (exact) mass is 429 g/mol. The summed E-state index contributed by atoms with van der Waals surface area (Å²) in [6.07, 6.45) is 1.66. The van der Waals surface area contributed by atoms with Crippen molar-refractivity contribution in [2.45, 2.75) is 3.79 Å². The predicted octanol–water partition coefficient (Wildman–Crippen LogP) is 5.69. The fourth-order valence-corrected chi connectivity index (χ4v) is 2.23. The first kappa shape index (κ1) is 20.4. The number of carbonyl (C=O) groups is 1. The van der Waals surface area contributed by atoms with Crippen molar-refractivity contribution in [2.24, 2.45) is 0 Å². The SMILES string of the molecule is COc1cc(/C=C(/C#N)c2ccc(Cl)cc2)ccc1OC(=O)C(Cl)(Cl)Cl. The number of benzene rings is 2. The van der Waals surface area contributed by atoms with Crippen LogP contribution in [0.15, 0.2) is 42.5 Å². The van der Waals surface area contributed by atoms with Gasteiger partial charge in [0, 0.05) is 5.02 Å². The second-order valence-electron chi connectivity index (χ2n) is 4.97. The molecule has 0 aliphatic rings. The summed E-state index contributed by atoms with van der Waals surface area (Å²) >= 11 is 22.3. The lowest BCUT2D eigenvalue weighted by Gasteiger charge is -2.13. The Morgan fingerprint density at radius 3 is 2.31 bits per heavy atom. The highest BCUT2D eigenvalue weighted by molar-refractivity contribution is 6.75. The minimum Gasteiger partial charge on any atom is -0.493 e. The normalized spacial score (nSPS) is 11.6. The first-order valence-electron chi connectivity index (χ1n) is 7.09. The van der Waals surface area contributed by atoms with E-state index in [0.717, 1.165) is 0 Å². The molecular formula is C18H11Cl4NO3. The summed E-state index contributed by atoms with van der Waals surface area (Å²) in [6, 6.07) is 13.7. The van der Waals surface area contributed by atoms with Crippen molar-refractivity contribution in [2.75, 3.05) is 7.11 Å². The molecule has 0 bridgehead atoms. The maximum Gasteiger partial charge on any atom is 0.364 e. The molecule has 26 heavy (non-hydrogen) atoms. The van der Waals surface area contributed by atoms with Gasteiger partial charge < -0.3 is 9.47 Å². The van der Waals surface area contributed by atoms with Gasteiger partial charge >= 0.3 is 5.97 Å². The summed E-state index contributed by atoms with van der Waals surface area (Å²) in [4.78, 5) is 11.7. The van der Waals surface area contributed by atoms with Gasteiger partial charge in [-0.05, 0) is 41.5 Å². The molecule has 0 radical (unpaired) electrons. The molecule has 0 amide bonds. The molecule has 2 aromatic carbocycles. The molecule has 0 spiro atoms. The molecule has 0 aromatic heterocycles. The van der Waals surface area contributed by atoms with Crippen LogP contribution in [0.1, 0.15) is 11.1 Å². The lowest BCUT2D eigenvalue weighted by Crippen LogP contribution is -2.24. The topological polar surface area (TPSA) is 59.3 Å². The molecule has 2 aromatic rings. The Labute approximate surface area is 170 Å². The van der Waals surface area contributed by atoms with Crippen LogP contribution in [-0.2, 0) is 4.79 Å². The Hall–Kier alpha value is -1.90. The van der Waals surface area contributed by atoms with Crippen LogP contribution < -0.4 is 9.47 Å². The summed E-state index contributed by atoms with van der Waals surface area (Å²) < 4.78 is 8.02. The molecule has 0 atom stereocenters. The van der Waals surface area contributed by atoms with Crippen LogP contribution in [0.5, 0.6) is 11.5 Å². The molecule has 134 valence electrons. The number of esters is 1. The Morgan fingerprint density at radius 2 is 1.77 bits per heavy atom. The zero-order chi connectivity index (χ0) is 19.3. The Bertz CT molecular complexity index is 881. The fraction of sp³-hybridized carbons (Fsp3) is 0.111. The highest BCUT2D eigenvalue weighted by Gasteiger charge is 2.33. The van der Waals surface area contributed by atoms with E-state index in [0.29, 0.717) is 21.7 Å². The molecule has 0 aliphatic carbocycles. The third kappa shape index (κ3) is 5.30. The van der Waals surface area contributed by atoms with E-state index in [4.69, 9.17) is 55.9 Å². The maximum atomic E-state index is 11.7. The lowest BCUT2D eigenvalue weighted by molar-refractivity contribution is -0.133. The molecule has 0 fully saturated rings. The number of carbonyl (C=O) groups excluding carboxylic acids is 1. The van der Waals surface area contributed by atoms with Gasteiger partial charge in [-0.2, -0.15) is 5.26 Å². The number of nitriles is 1. The van der Waals surface area contributed by atoms with Gasteiger partial charge in [-0.25, -0.2) is 4.79 Å². The molecule has 8 heteroatoms. The van der Waals surface area contributed by atoms with Crippen molar-refractivity contribution in [3.63, 3.8) is 0 Å². The van der Waals surface area contributed by atoms with E-state index in [2.05, 4.69) is 6.07 Å². The highest BCUT2D eigenvalue weighted by atomic mass is 35.6. The number of nitrogens with zero attached hydrogens (tertiary/aromatic N) is 1. The highest BCUT2D eigenvalue weighted by Crippen LogP contribution is 2.34. The lowest BCUT2D eigenvalue weighted by atomic mass is 10.0. The van der Waals surface area contributed by atoms with E-state index < -0.39 is 9.76 Å². The zero-order valence-corrected chi connectivity index (χ0v) is 16.3. The van der Waals surface area contributed by atoms with E-state index in [1.165, 1.54) is 13.2 Å². The van der Waals surface area contributed by atoms with Gasteiger partial charge in [0.25, 0.3) is 3.79 Å². The van der Waals surface area contributed by atoms with Gasteiger partial charge in [-0.3, -0.25) is 0 Å². The van der Waals surface area contributed by atoms with Crippen LogP contribution in [0.2, 0.25) is 5.02 Å². The number of ether oxygens (including phenoxy) is 2. The first-order valence-corrected chi connectivity index (χ1v) is 8.60. The first-order chi connectivity index (χ1) is 12.2. The molecule has 0 unspecified atom stereocenters. The number of rotatable bonds is 4.